The van der Waals surface area contributed by atoms with E-state index in [2.05, 4.69) is 21.2 Å². The molecule has 0 aliphatic carbocycles. The highest BCUT2D eigenvalue weighted by Crippen LogP contribution is 2.31. The van der Waals surface area contributed by atoms with E-state index in [4.69, 9.17) is 4.74 Å². The van der Waals surface area contributed by atoms with Gasteiger partial charge in [-0.15, -0.1) is 0 Å². The number of nitrogens with zero attached hydrogens (tertiary/aromatic N) is 1. The van der Waals surface area contributed by atoms with Crippen LogP contribution in [0.15, 0.2) is 22.7 Å². The number of carbonyl (C=O) groups is 2. The molecule has 126 valence electrons. The van der Waals surface area contributed by atoms with Crippen molar-refractivity contribution in [3.63, 3.8) is 0 Å². The molecule has 0 bridgehead atoms. The van der Waals surface area contributed by atoms with Crippen molar-refractivity contribution in [3.05, 3.63) is 28.2 Å². The Labute approximate surface area is 143 Å². The molecular weight excluding hydrogens is 364 g/mol. The number of hydrogen-bond acceptors (Lipinski definition) is 3. The molecular formula is C16H21BrN2O4. The number of amides is 2. The first-order chi connectivity index (χ1) is 10.8. The summed E-state index contributed by atoms with van der Waals surface area (Å²) >= 11 is 3.43. The SMILES string of the molecule is COc1ccc(C(C)NC(=O)N2CCC(C)(C(=O)O)C2)cc1Br. The van der Waals surface area contributed by atoms with Gasteiger partial charge in [0.15, 0.2) is 0 Å². The number of rotatable bonds is 4. The minimum absolute atomic E-state index is 0.193. The smallest absolute Gasteiger partial charge is 0.317 e. The number of ether oxygens (including phenoxy) is 1. The van der Waals surface area contributed by atoms with Crippen LogP contribution in [0.3, 0.4) is 0 Å². The highest BCUT2D eigenvalue weighted by Gasteiger charge is 2.42. The van der Waals surface area contributed by atoms with Crippen LogP contribution in [-0.4, -0.2) is 42.2 Å². The summed E-state index contributed by atoms with van der Waals surface area (Å²) in [6.07, 6.45) is 0.470. The number of carboxylic acids is 1. The third kappa shape index (κ3) is 3.77. The van der Waals surface area contributed by atoms with E-state index in [1.54, 1.807) is 18.9 Å². The molecule has 6 nitrogen and oxygen atoms in total. The monoisotopic (exact) mass is 384 g/mol. The largest absolute Gasteiger partial charge is 0.496 e. The summed E-state index contributed by atoms with van der Waals surface area (Å²) in [4.78, 5) is 25.1. The summed E-state index contributed by atoms with van der Waals surface area (Å²) < 4.78 is 6.01. The maximum atomic E-state index is 12.3. The third-order valence-corrected chi connectivity index (χ3v) is 4.91. The van der Waals surface area contributed by atoms with Crippen LogP contribution in [0.25, 0.3) is 0 Å². The molecule has 1 fully saturated rings. The Hall–Kier alpha value is -1.76. The zero-order valence-corrected chi connectivity index (χ0v) is 15.0. The fourth-order valence-corrected chi connectivity index (χ4v) is 3.18. The molecule has 1 aliphatic heterocycles. The Morgan fingerprint density at radius 1 is 1.48 bits per heavy atom. The topological polar surface area (TPSA) is 78.9 Å². The van der Waals surface area contributed by atoms with E-state index in [0.29, 0.717) is 13.0 Å². The number of hydrogen-bond donors (Lipinski definition) is 2. The van der Waals surface area contributed by atoms with Crippen LogP contribution in [0, 0.1) is 5.41 Å². The van der Waals surface area contributed by atoms with Gasteiger partial charge in [0.25, 0.3) is 0 Å². The lowest BCUT2D eigenvalue weighted by molar-refractivity contribution is -0.146. The summed E-state index contributed by atoms with van der Waals surface area (Å²) in [5, 5.41) is 12.1. The first-order valence-electron chi connectivity index (χ1n) is 7.39. The fraction of sp³-hybridized carbons (Fsp3) is 0.500. The van der Waals surface area contributed by atoms with Gasteiger partial charge in [-0.05, 0) is 53.9 Å². The second kappa shape index (κ2) is 6.78. The average molecular weight is 385 g/mol. The lowest BCUT2D eigenvalue weighted by Gasteiger charge is -2.23. The minimum atomic E-state index is -0.861. The van der Waals surface area contributed by atoms with Crippen LogP contribution in [-0.2, 0) is 4.79 Å². The highest BCUT2D eigenvalue weighted by atomic mass is 79.9. The van der Waals surface area contributed by atoms with Crippen LogP contribution >= 0.6 is 15.9 Å². The minimum Gasteiger partial charge on any atom is -0.496 e. The van der Waals surface area contributed by atoms with Crippen molar-refractivity contribution >= 4 is 27.9 Å². The summed E-state index contributed by atoms with van der Waals surface area (Å²) in [6, 6.07) is 5.19. The van der Waals surface area contributed by atoms with Gasteiger partial charge >= 0.3 is 12.0 Å². The van der Waals surface area contributed by atoms with Gasteiger partial charge in [-0.2, -0.15) is 0 Å². The lowest BCUT2D eigenvalue weighted by atomic mass is 9.90. The first kappa shape index (κ1) is 17.6. The van der Waals surface area contributed by atoms with Crippen molar-refractivity contribution in [1.82, 2.24) is 10.2 Å². The predicted octanol–water partition coefficient (Wildman–Crippen LogP) is 3.02. The van der Waals surface area contributed by atoms with Gasteiger partial charge < -0.3 is 20.1 Å². The summed E-state index contributed by atoms with van der Waals surface area (Å²) in [5.41, 5.74) is 0.0789. The molecule has 2 N–H and O–H groups in total. The van der Waals surface area contributed by atoms with Gasteiger partial charge in [0.05, 0.1) is 23.0 Å². The first-order valence-corrected chi connectivity index (χ1v) is 8.18. The van der Waals surface area contributed by atoms with Crippen molar-refractivity contribution in [2.45, 2.75) is 26.3 Å². The van der Waals surface area contributed by atoms with Crippen LogP contribution in [0.2, 0.25) is 0 Å². The van der Waals surface area contributed by atoms with Gasteiger partial charge in [-0.3, -0.25) is 4.79 Å². The Morgan fingerprint density at radius 3 is 2.70 bits per heavy atom. The standard InChI is InChI=1S/C16H21BrN2O4/c1-10(11-4-5-13(23-3)12(17)8-11)18-15(22)19-7-6-16(2,9-19)14(20)21/h4-5,8,10H,6-7,9H2,1-3H3,(H,18,22)(H,20,21). The third-order valence-electron chi connectivity index (χ3n) is 4.29. The summed E-state index contributed by atoms with van der Waals surface area (Å²) in [7, 11) is 1.60. The van der Waals surface area contributed by atoms with Crippen LogP contribution in [0.4, 0.5) is 4.79 Å². The molecule has 1 aliphatic rings. The Balaban J connectivity index is 2.00. The van der Waals surface area contributed by atoms with Crippen LogP contribution in [0.5, 0.6) is 5.75 Å². The number of carboxylic acid groups (broad SMARTS) is 1. The van der Waals surface area contributed by atoms with Gasteiger partial charge in [0.2, 0.25) is 0 Å². The van der Waals surface area contributed by atoms with E-state index in [9.17, 15) is 14.7 Å². The highest BCUT2D eigenvalue weighted by molar-refractivity contribution is 9.10. The Kier molecular flexibility index (Phi) is 5.19. The number of benzene rings is 1. The van der Waals surface area contributed by atoms with Crippen LogP contribution < -0.4 is 10.1 Å². The van der Waals surface area contributed by atoms with Crippen molar-refractivity contribution in [2.24, 2.45) is 5.41 Å². The maximum Gasteiger partial charge on any atom is 0.317 e. The van der Waals surface area contributed by atoms with E-state index in [1.807, 2.05) is 25.1 Å². The molecule has 2 rings (SSSR count). The fourth-order valence-electron chi connectivity index (χ4n) is 2.62. The molecule has 2 amide bonds. The molecule has 0 aromatic heterocycles. The van der Waals surface area contributed by atoms with Gasteiger partial charge in [0.1, 0.15) is 5.75 Å². The number of nitrogens with one attached hydrogen (secondary N) is 1. The number of methoxy groups -OCH3 is 1. The number of carbonyl (C=O) groups excluding carboxylic acids is 1. The van der Waals surface area contributed by atoms with Crippen molar-refractivity contribution in [3.8, 4) is 5.75 Å². The Bertz CT molecular complexity index is 622. The van der Waals surface area contributed by atoms with Crippen LogP contribution in [0.1, 0.15) is 31.9 Å². The molecule has 1 heterocycles. The molecule has 23 heavy (non-hydrogen) atoms. The van der Waals surface area contributed by atoms with E-state index in [1.165, 1.54) is 0 Å². The molecule has 7 heteroatoms. The molecule has 2 unspecified atom stereocenters. The van der Waals surface area contributed by atoms with E-state index in [-0.39, 0.29) is 18.6 Å². The summed E-state index contributed by atoms with van der Waals surface area (Å²) in [6.45, 7) is 4.24. The second-order valence-electron chi connectivity index (χ2n) is 6.10. The molecule has 1 aromatic carbocycles. The van der Waals surface area contributed by atoms with E-state index in [0.717, 1.165) is 15.8 Å². The lowest BCUT2D eigenvalue weighted by Crippen LogP contribution is -2.41. The quantitative estimate of drug-likeness (QED) is 0.835. The van der Waals surface area contributed by atoms with E-state index >= 15 is 0 Å². The van der Waals surface area contributed by atoms with Crippen molar-refractivity contribution in [1.29, 1.82) is 0 Å². The summed E-state index contributed by atoms with van der Waals surface area (Å²) in [5.74, 6) is -0.135. The number of urea groups is 1. The van der Waals surface area contributed by atoms with Crippen molar-refractivity contribution < 1.29 is 19.4 Å². The molecule has 0 saturated carbocycles. The van der Waals surface area contributed by atoms with Gasteiger partial charge in [-0.25, -0.2) is 4.79 Å². The number of likely N-dealkylation sites (tertiary alicyclic amines) is 1. The van der Waals surface area contributed by atoms with Gasteiger partial charge in [-0.1, -0.05) is 6.07 Å². The maximum absolute atomic E-state index is 12.3. The molecule has 0 spiro atoms. The zero-order valence-electron chi connectivity index (χ0n) is 13.4. The van der Waals surface area contributed by atoms with Crippen molar-refractivity contribution in [2.75, 3.05) is 20.2 Å². The second-order valence-corrected chi connectivity index (χ2v) is 6.96. The zero-order chi connectivity index (χ0) is 17.2. The van der Waals surface area contributed by atoms with Gasteiger partial charge in [0, 0.05) is 13.1 Å². The normalized spacial score (nSPS) is 21.8. The number of halogens is 1. The molecule has 1 saturated heterocycles. The molecule has 1 aromatic rings. The number of aliphatic carboxylic acids is 1. The molecule has 2 atom stereocenters. The van der Waals surface area contributed by atoms with E-state index < -0.39 is 11.4 Å². The molecule has 0 radical (unpaired) electrons. The average Bonchev–Trinajstić information content (AvgIpc) is 2.91. The Morgan fingerprint density at radius 2 is 2.17 bits per heavy atom. The predicted molar refractivity (Wildman–Crippen MR) is 89.6 cm³/mol.